The molecule has 0 radical (unpaired) electrons. The third kappa shape index (κ3) is 1.84. The molecule has 0 N–H and O–H groups in total. The monoisotopic (exact) mass is 362 g/mol. The van der Waals surface area contributed by atoms with E-state index in [0.29, 0.717) is 0 Å². The number of thiophene rings is 1. The predicted octanol–water partition coefficient (Wildman–Crippen LogP) is 6.15. The molecule has 3 heterocycles. The highest BCUT2D eigenvalue weighted by Crippen LogP contribution is 2.57. The van der Waals surface area contributed by atoms with Crippen LogP contribution in [-0.2, 0) is 23.8 Å². The summed E-state index contributed by atoms with van der Waals surface area (Å²) < 4.78 is 4.13. The second-order valence-electron chi connectivity index (χ2n) is 8.63. The molecule has 2 bridgehead atoms. The molecule has 0 saturated carbocycles. The van der Waals surface area contributed by atoms with Gasteiger partial charge in [0.1, 0.15) is 4.88 Å². The molecule has 1 aliphatic heterocycles. The van der Waals surface area contributed by atoms with E-state index in [1.54, 1.807) is 26.8 Å². The van der Waals surface area contributed by atoms with Gasteiger partial charge in [0, 0.05) is 30.2 Å². The highest BCUT2D eigenvalue weighted by molar-refractivity contribution is 7.22. The van der Waals surface area contributed by atoms with Crippen molar-refractivity contribution in [2.45, 2.75) is 70.8 Å². The largest absolute Gasteiger partial charge is 0.223 e. The van der Waals surface area contributed by atoms with Crippen molar-refractivity contribution in [3.8, 4) is 10.6 Å². The molecule has 2 atom stereocenters. The van der Waals surface area contributed by atoms with E-state index in [4.69, 9.17) is 0 Å². The Morgan fingerprint density at radius 2 is 2.00 bits per heavy atom. The van der Waals surface area contributed by atoms with Gasteiger partial charge in [-0.05, 0) is 60.4 Å². The van der Waals surface area contributed by atoms with E-state index >= 15 is 0 Å². The van der Waals surface area contributed by atoms with Gasteiger partial charge in [0.25, 0.3) is 0 Å². The maximum Gasteiger partial charge on any atom is 0.223 e. The average Bonchev–Trinajstić information content (AvgIpc) is 3.06. The molecule has 0 fully saturated rings. The zero-order chi connectivity index (χ0) is 18.1. The number of aryl methyl sites for hydroxylation is 1. The van der Waals surface area contributed by atoms with Crippen LogP contribution in [0.3, 0.4) is 0 Å². The molecule has 1 nitrogen and oxygen atoms in total. The second-order valence-corrected chi connectivity index (χ2v) is 9.65. The van der Waals surface area contributed by atoms with Gasteiger partial charge in [0.05, 0.1) is 5.41 Å². The molecule has 2 unspecified atom stereocenters. The van der Waals surface area contributed by atoms with Crippen molar-refractivity contribution in [1.82, 2.24) is 0 Å². The normalized spacial score (nSPS) is 25.7. The first-order chi connectivity index (χ1) is 12.5. The molecule has 3 aromatic rings. The molecular formula is C24H28NS+. The summed E-state index contributed by atoms with van der Waals surface area (Å²) in [6.45, 7) is 9.66. The molecule has 1 aliphatic carbocycles. The zero-order valence-corrected chi connectivity index (χ0v) is 17.2. The Hall–Kier alpha value is -1.67. The third-order valence-electron chi connectivity index (χ3n) is 7.34. The minimum atomic E-state index is 0.109. The summed E-state index contributed by atoms with van der Waals surface area (Å²) >= 11 is 2.05. The first kappa shape index (κ1) is 16.5. The van der Waals surface area contributed by atoms with Crippen molar-refractivity contribution in [1.29, 1.82) is 0 Å². The Bertz CT molecular complexity index is 1030. The van der Waals surface area contributed by atoms with E-state index in [2.05, 4.69) is 68.8 Å². The van der Waals surface area contributed by atoms with E-state index in [9.17, 15) is 0 Å². The molecule has 134 valence electrons. The lowest BCUT2D eigenvalue weighted by molar-refractivity contribution is -0.764. The summed E-state index contributed by atoms with van der Waals surface area (Å²) in [5, 5.41) is 1.55. The van der Waals surface area contributed by atoms with Crippen molar-refractivity contribution < 1.29 is 4.57 Å². The Balaban J connectivity index is 1.89. The predicted molar refractivity (Wildman–Crippen MR) is 111 cm³/mol. The number of pyridine rings is 1. The standard InChI is InChI=1S/C24H28NS/c1-5-7-10-17-13-16-14-18-20-22(26-21(17)18)19-11-8-9-12-25(19)24(4,6-2)23(20,3)15-16/h8-9,11-14H,5-7,10,15H2,1-4H3/q+1. The highest BCUT2D eigenvalue weighted by atomic mass is 32.1. The van der Waals surface area contributed by atoms with Gasteiger partial charge >= 0.3 is 0 Å². The van der Waals surface area contributed by atoms with Gasteiger partial charge in [0.15, 0.2) is 11.7 Å². The van der Waals surface area contributed by atoms with E-state index in [1.165, 1.54) is 29.8 Å². The molecule has 2 aromatic heterocycles. The number of aromatic nitrogens is 1. The summed E-state index contributed by atoms with van der Waals surface area (Å²) in [5.74, 6) is 0. The molecular weight excluding hydrogens is 334 g/mol. The number of benzene rings is 1. The van der Waals surface area contributed by atoms with Crippen LogP contribution in [0.15, 0.2) is 36.5 Å². The summed E-state index contributed by atoms with van der Waals surface area (Å²) in [6.07, 6.45) is 8.39. The summed E-state index contributed by atoms with van der Waals surface area (Å²) in [7, 11) is 0. The topological polar surface area (TPSA) is 3.88 Å². The van der Waals surface area contributed by atoms with Gasteiger partial charge in [-0.2, -0.15) is 4.57 Å². The molecule has 0 amide bonds. The van der Waals surface area contributed by atoms with E-state index in [0.717, 1.165) is 12.8 Å². The number of hydrogen-bond donors (Lipinski definition) is 0. The lowest BCUT2D eigenvalue weighted by Gasteiger charge is -2.47. The maximum absolute atomic E-state index is 2.58. The van der Waals surface area contributed by atoms with Gasteiger partial charge in [-0.15, -0.1) is 11.3 Å². The number of hydrogen-bond acceptors (Lipinski definition) is 1. The van der Waals surface area contributed by atoms with E-state index in [-0.39, 0.29) is 11.0 Å². The lowest BCUT2D eigenvalue weighted by Crippen LogP contribution is -2.68. The molecule has 5 rings (SSSR count). The Morgan fingerprint density at radius 3 is 2.77 bits per heavy atom. The zero-order valence-electron chi connectivity index (χ0n) is 16.4. The SMILES string of the molecule is CCCCc1cc2cc3c4c(sc13)-c1cccc[n+]1C(C)(CC)C4(C)C2. The summed E-state index contributed by atoms with van der Waals surface area (Å²) in [5.41, 5.74) is 6.45. The van der Waals surface area contributed by atoms with Crippen molar-refractivity contribution in [2.75, 3.05) is 0 Å². The molecule has 26 heavy (non-hydrogen) atoms. The van der Waals surface area contributed by atoms with Crippen LogP contribution in [0.1, 0.15) is 63.6 Å². The maximum atomic E-state index is 2.58. The Labute approximate surface area is 160 Å². The highest BCUT2D eigenvalue weighted by Gasteiger charge is 2.59. The molecule has 0 saturated heterocycles. The van der Waals surface area contributed by atoms with Crippen LogP contribution in [0.4, 0.5) is 0 Å². The van der Waals surface area contributed by atoms with Crippen LogP contribution < -0.4 is 4.57 Å². The van der Waals surface area contributed by atoms with Crippen LogP contribution in [0.2, 0.25) is 0 Å². The molecule has 2 heteroatoms. The van der Waals surface area contributed by atoms with Crippen molar-refractivity contribution in [2.24, 2.45) is 0 Å². The average molecular weight is 363 g/mol. The fourth-order valence-electron chi connectivity index (χ4n) is 5.56. The second kappa shape index (κ2) is 5.42. The van der Waals surface area contributed by atoms with Gasteiger partial charge in [-0.1, -0.05) is 26.3 Å². The van der Waals surface area contributed by atoms with Gasteiger partial charge in [-0.3, -0.25) is 0 Å². The lowest BCUT2D eigenvalue weighted by atomic mass is 9.58. The van der Waals surface area contributed by atoms with Gasteiger partial charge in [0.2, 0.25) is 5.69 Å². The number of rotatable bonds is 4. The minimum absolute atomic E-state index is 0.109. The fourth-order valence-corrected chi connectivity index (χ4v) is 7.04. The van der Waals surface area contributed by atoms with Crippen molar-refractivity contribution >= 4 is 21.4 Å². The number of fused-ring (bicyclic) bond motifs is 3. The smallest absolute Gasteiger partial charge is 0.192 e. The first-order valence-electron chi connectivity index (χ1n) is 10.1. The van der Waals surface area contributed by atoms with Gasteiger partial charge in [-0.25, -0.2) is 0 Å². The molecule has 2 aliphatic rings. The van der Waals surface area contributed by atoms with Crippen molar-refractivity contribution in [3.05, 3.63) is 53.2 Å². The quantitative estimate of drug-likeness (QED) is 0.490. The Morgan fingerprint density at radius 1 is 1.15 bits per heavy atom. The number of nitrogens with zero attached hydrogens (tertiary/aromatic N) is 1. The van der Waals surface area contributed by atoms with Crippen LogP contribution in [0.5, 0.6) is 0 Å². The third-order valence-corrected chi connectivity index (χ3v) is 8.64. The van der Waals surface area contributed by atoms with Crippen LogP contribution in [0, 0.1) is 0 Å². The van der Waals surface area contributed by atoms with Crippen molar-refractivity contribution in [3.63, 3.8) is 0 Å². The molecule has 1 aromatic carbocycles. The first-order valence-corrected chi connectivity index (χ1v) is 11.0. The van der Waals surface area contributed by atoms with E-state index < -0.39 is 0 Å². The van der Waals surface area contributed by atoms with Crippen LogP contribution in [-0.4, -0.2) is 0 Å². The fraction of sp³-hybridized carbons (Fsp3) is 0.458. The summed E-state index contributed by atoms with van der Waals surface area (Å²) in [6, 6.07) is 11.8. The van der Waals surface area contributed by atoms with E-state index in [1.807, 2.05) is 11.3 Å². The van der Waals surface area contributed by atoms with Crippen LogP contribution >= 0.6 is 11.3 Å². The molecule has 0 spiro atoms. The minimum Gasteiger partial charge on any atom is -0.192 e. The van der Waals surface area contributed by atoms with Crippen LogP contribution in [0.25, 0.3) is 20.7 Å². The van der Waals surface area contributed by atoms with Gasteiger partial charge < -0.3 is 0 Å². The Kier molecular flexibility index (Phi) is 3.44. The number of unbranched alkanes of at least 4 members (excludes halogenated alkanes) is 1. The summed E-state index contributed by atoms with van der Waals surface area (Å²) in [4.78, 5) is 1.52.